The van der Waals surface area contributed by atoms with Crippen molar-refractivity contribution in [1.82, 2.24) is 0 Å². The molecule has 5 nitrogen and oxygen atoms in total. The van der Waals surface area contributed by atoms with E-state index in [2.05, 4.69) is 58.8 Å². The van der Waals surface area contributed by atoms with Gasteiger partial charge in [-0.25, -0.2) is 0 Å². The van der Waals surface area contributed by atoms with Gasteiger partial charge in [0.1, 0.15) is 12.4 Å². The van der Waals surface area contributed by atoms with Gasteiger partial charge in [-0.1, -0.05) is 58.8 Å². The summed E-state index contributed by atoms with van der Waals surface area (Å²) in [4.78, 5) is 17.9. The SMILES string of the molecule is CC(=NOCc1c(C(C)C)cc(C(C)C)cc1C(C)C)c1ccc(OCC(=O)c2ccco2)cc1. The predicted molar refractivity (Wildman–Crippen MR) is 141 cm³/mol. The minimum absolute atomic E-state index is 0.0744. The summed E-state index contributed by atoms with van der Waals surface area (Å²) in [5.74, 6) is 1.99. The molecule has 0 aliphatic rings. The number of nitrogens with zero attached hydrogens (tertiary/aromatic N) is 1. The zero-order chi connectivity index (χ0) is 25.5. The maximum Gasteiger partial charge on any atom is 0.235 e. The molecule has 0 radical (unpaired) electrons. The quantitative estimate of drug-likeness (QED) is 0.161. The molecule has 0 spiro atoms. The summed E-state index contributed by atoms with van der Waals surface area (Å²) < 4.78 is 10.7. The smallest absolute Gasteiger partial charge is 0.235 e. The molecule has 0 saturated heterocycles. The summed E-state index contributed by atoms with van der Waals surface area (Å²) in [7, 11) is 0. The highest BCUT2D eigenvalue weighted by molar-refractivity contribution is 5.98. The van der Waals surface area contributed by atoms with E-state index in [1.807, 2.05) is 31.2 Å². The van der Waals surface area contributed by atoms with Crippen LogP contribution < -0.4 is 4.74 Å². The standard InChI is InChI=1S/C30H37NO4/c1-19(2)24-15-26(20(3)4)28(27(16-24)21(5)6)17-35-31-22(7)23-10-12-25(13-11-23)34-18-29(32)30-9-8-14-33-30/h8-16,19-21H,17-18H2,1-7H3. The summed E-state index contributed by atoms with van der Waals surface area (Å²) >= 11 is 0. The number of rotatable bonds is 11. The second kappa shape index (κ2) is 11.9. The van der Waals surface area contributed by atoms with Crippen molar-refractivity contribution in [3.8, 4) is 5.75 Å². The van der Waals surface area contributed by atoms with Crippen molar-refractivity contribution < 1.29 is 18.8 Å². The highest BCUT2D eigenvalue weighted by Gasteiger charge is 2.17. The average Bonchev–Trinajstić information content (AvgIpc) is 3.37. The third-order valence-corrected chi connectivity index (χ3v) is 6.10. The Balaban J connectivity index is 1.68. The first-order valence-electron chi connectivity index (χ1n) is 12.3. The molecule has 1 aromatic heterocycles. The van der Waals surface area contributed by atoms with E-state index in [9.17, 15) is 4.79 Å². The molecule has 0 N–H and O–H groups in total. The van der Waals surface area contributed by atoms with E-state index < -0.39 is 0 Å². The molecule has 0 unspecified atom stereocenters. The van der Waals surface area contributed by atoms with Crippen LogP contribution in [0.25, 0.3) is 0 Å². The van der Waals surface area contributed by atoms with Crippen molar-refractivity contribution in [2.24, 2.45) is 5.16 Å². The molecule has 0 fully saturated rings. The number of furan rings is 1. The normalized spacial score (nSPS) is 12.0. The van der Waals surface area contributed by atoms with Gasteiger partial charge in [0, 0.05) is 0 Å². The van der Waals surface area contributed by atoms with Gasteiger partial charge in [-0.3, -0.25) is 4.79 Å². The Morgan fingerprint density at radius 2 is 1.54 bits per heavy atom. The van der Waals surface area contributed by atoms with Gasteiger partial charge in [-0.05, 0) is 88.9 Å². The number of benzene rings is 2. The van der Waals surface area contributed by atoms with Gasteiger partial charge in [0.25, 0.3) is 0 Å². The molecule has 3 rings (SSSR count). The maximum atomic E-state index is 12.0. The molecule has 0 aliphatic carbocycles. The summed E-state index contributed by atoms with van der Waals surface area (Å²) in [5.41, 5.74) is 6.98. The van der Waals surface area contributed by atoms with Crippen LogP contribution in [0.15, 0.2) is 64.4 Å². The van der Waals surface area contributed by atoms with Gasteiger partial charge in [0.05, 0.1) is 12.0 Å². The van der Waals surface area contributed by atoms with Crippen molar-refractivity contribution >= 4 is 11.5 Å². The van der Waals surface area contributed by atoms with Crippen molar-refractivity contribution in [1.29, 1.82) is 0 Å². The molecule has 0 aliphatic heterocycles. The summed E-state index contributed by atoms with van der Waals surface area (Å²) in [5, 5.41) is 4.40. The van der Waals surface area contributed by atoms with E-state index in [1.54, 1.807) is 12.1 Å². The van der Waals surface area contributed by atoms with Gasteiger partial charge >= 0.3 is 0 Å². The Morgan fingerprint density at radius 1 is 0.914 bits per heavy atom. The molecule has 0 saturated carbocycles. The Hall–Kier alpha value is -3.34. The molecule has 35 heavy (non-hydrogen) atoms. The second-order valence-electron chi connectivity index (χ2n) is 9.81. The van der Waals surface area contributed by atoms with E-state index >= 15 is 0 Å². The van der Waals surface area contributed by atoms with Crippen LogP contribution in [-0.2, 0) is 11.4 Å². The molecule has 3 aromatic rings. The summed E-state index contributed by atoms with van der Waals surface area (Å²) in [6.07, 6.45) is 1.47. The van der Waals surface area contributed by atoms with Crippen LogP contribution in [0.2, 0.25) is 0 Å². The van der Waals surface area contributed by atoms with E-state index in [0.29, 0.717) is 35.9 Å². The Morgan fingerprint density at radius 3 is 2.06 bits per heavy atom. The molecule has 0 bridgehead atoms. The lowest BCUT2D eigenvalue weighted by Crippen LogP contribution is -2.10. The van der Waals surface area contributed by atoms with Crippen LogP contribution in [0.1, 0.15) is 105 Å². The Kier molecular flexibility index (Phi) is 8.91. The van der Waals surface area contributed by atoms with E-state index in [4.69, 9.17) is 14.0 Å². The fourth-order valence-electron chi connectivity index (χ4n) is 3.97. The third kappa shape index (κ3) is 6.84. The zero-order valence-electron chi connectivity index (χ0n) is 21.9. The molecule has 2 aromatic carbocycles. The van der Waals surface area contributed by atoms with Crippen LogP contribution in [0.4, 0.5) is 0 Å². The van der Waals surface area contributed by atoms with Gasteiger partial charge in [0.15, 0.2) is 12.4 Å². The van der Waals surface area contributed by atoms with Gasteiger partial charge in [-0.2, -0.15) is 0 Å². The topological polar surface area (TPSA) is 61.0 Å². The molecule has 0 amide bonds. The number of ketones is 1. The predicted octanol–water partition coefficient (Wildman–Crippen LogP) is 7.85. The molecular weight excluding hydrogens is 438 g/mol. The lowest BCUT2D eigenvalue weighted by molar-refractivity contribution is 0.0893. The zero-order valence-corrected chi connectivity index (χ0v) is 21.9. The number of oxime groups is 1. The lowest BCUT2D eigenvalue weighted by atomic mass is 9.85. The number of carbonyl (C=O) groups excluding carboxylic acids is 1. The van der Waals surface area contributed by atoms with Gasteiger partial charge in [0.2, 0.25) is 5.78 Å². The minimum Gasteiger partial charge on any atom is -0.485 e. The number of hydrogen-bond donors (Lipinski definition) is 0. The fraction of sp³-hybridized carbons (Fsp3) is 0.400. The molecule has 0 atom stereocenters. The summed E-state index contributed by atoms with van der Waals surface area (Å²) in [6, 6.07) is 15.4. The van der Waals surface area contributed by atoms with Crippen molar-refractivity contribution in [2.45, 2.75) is 72.8 Å². The van der Waals surface area contributed by atoms with E-state index in [1.165, 1.54) is 28.5 Å². The largest absolute Gasteiger partial charge is 0.485 e. The fourth-order valence-corrected chi connectivity index (χ4v) is 3.97. The Labute approximate surface area is 209 Å². The van der Waals surface area contributed by atoms with Gasteiger partial charge in [-0.15, -0.1) is 0 Å². The molecular formula is C30H37NO4. The van der Waals surface area contributed by atoms with Crippen LogP contribution >= 0.6 is 0 Å². The van der Waals surface area contributed by atoms with Crippen LogP contribution in [0.5, 0.6) is 5.75 Å². The molecule has 1 heterocycles. The van der Waals surface area contributed by atoms with Crippen LogP contribution in [0.3, 0.4) is 0 Å². The van der Waals surface area contributed by atoms with E-state index in [0.717, 1.165) is 11.3 Å². The average molecular weight is 476 g/mol. The monoisotopic (exact) mass is 475 g/mol. The van der Waals surface area contributed by atoms with Crippen molar-refractivity contribution in [3.05, 3.63) is 88.4 Å². The second-order valence-corrected chi connectivity index (χ2v) is 9.81. The first-order valence-corrected chi connectivity index (χ1v) is 12.3. The van der Waals surface area contributed by atoms with Crippen LogP contribution in [0, 0.1) is 0 Å². The van der Waals surface area contributed by atoms with Crippen LogP contribution in [-0.4, -0.2) is 18.1 Å². The Bertz CT molecular complexity index is 1110. The number of ether oxygens (including phenoxy) is 1. The highest BCUT2D eigenvalue weighted by Crippen LogP contribution is 2.32. The maximum absolute atomic E-state index is 12.0. The first-order chi connectivity index (χ1) is 16.7. The number of carbonyl (C=O) groups is 1. The number of Topliss-reactive ketones (excluding diaryl/α,β-unsaturated/α-hetero) is 1. The van der Waals surface area contributed by atoms with Crippen molar-refractivity contribution in [3.63, 3.8) is 0 Å². The third-order valence-electron chi connectivity index (χ3n) is 6.10. The lowest BCUT2D eigenvalue weighted by Gasteiger charge is -2.22. The van der Waals surface area contributed by atoms with E-state index in [-0.39, 0.29) is 12.4 Å². The number of hydrogen-bond acceptors (Lipinski definition) is 5. The summed E-state index contributed by atoms with van der Waals surface area (Å²) in [6.45, 7) is 15.7. The first kappa shape index (κ1) is 26.3. The highest BCUT2D eigenvalue weighted by atomic mass is 16.6. The molecule has 186 valence electrons. The van der Waals surface area contributed by atoms with Crippen molar-refractivity contribution in [2.75, 3.05) is 6.61 Å². The minimum atomic E-state index is -0.201. The molecule has 5 heteroatoms. The van der Waals surface area contributed by atoms with Gasteiger partial charge < -0.3 is 14.0 Å².